The zero-order chi connectivity index (χ0) is 21.2. The van der Waals surface area contributed by atoms with E-state index in [2.05, 4.69) is 0 Å². The molecule has 0 fully saturated rings. The van der Waals surface area contributed by atoms with Gasteiger partial charge in [-0.05, 0) is 33.1 Å². The van der Waals surface area contributed by atoms with Gasteiger partial charge < -0.3 is 19.7 Å². The SMILES string of the molecule is CC[C@@H](C)C(=O)c1c(O)c(CC=C(C)C)c(O)c2c([C@@H](O)CC)cc(=O)oc12. The maximum Gasteiger partial charge on any atom is 0.336 e. The third-order valence-electron chi connectivity index (χ3n) is 5.03. The second kappa shape index (κ2) is 8.61. The number of aromatic hydroxyl groups is 2. The van der Waals surface area contributed by atoms with Gasteiger partial charge >= 0.3 is 5.63 Å². The molecule has 0 bridgehead atoms. The largest absolute Gasteiger partial charge is 0.507 e. The summed E-state index contributed by atoms with van der Waals surface area (Å²) in [6.45, 7) is 9.06. The molecule has 2 atom stereocenters. The number of hydrogen-bond donors (Lipinski definition) is 3. The molecule has 6 nitrogen and oxygen atoms in total. The first-order valence-corrected chi connectivity index (χ1v) is 9.54. The molecular formula is C22H28O6. The minimum atomic E-state index is -1.02. The first kappa shape index (κ1) is 21.7. The van der Waals surface area contributed by atoms with E-state index in [1.54, 1.807) is 13.8 Å². The van der Waals surface area contributed by atoms with E-state index in [4.69, 9.17) is 4.42 Å². The van der Waals surface area contributed by atoms with Crippen LogP contribution in [0.25, 0.3) is 11.0 Å². The number of allylic oxidation sites excluding steroid dienone is 2. The molecule has 0 saturated carbocycles. The molecule has 1 aromatic heterocycles. The Bertz CT molecular complexity index is 979. The van der Waals surface area contributed by atoms with Crippen molar-refractivity contribution in [3.63, 3.8) is 0 Å². The molecule has 6 heteroatoms. The van der Waals surface area contributed by atoms with Crippen LogP contribution < -0.4 is 5.63 Å². The predicted molar refractivity (Wildman–Crippen MR) is 108 cm³/mol. The van der Waals surface area contributed by atoms with E-state index < -0.39 is 17.6 Å². The van der Waals surface area contributed by atoms with Crippen molar-refractivity contribution >= 4 is 16.8 Å². The summed E-state index contributed by atoms with van der Waals surface area (Å²) < 4.78 is 5.26. The molecule has 0 aliphatic heterocycles. The fourth-order valence-electron chi connectivity index (χ4n) is 3.10. The second-order valence-electron chi connectivity index (χ2n) is 7.36. The van der Waals surface area contributed by atoms with Crippen LogP contribution in [0.3, 0.4) is 0 Å². The van der Waals surface area contributed by atoms with E-state index in [0.717, 1.165) is 11.6 Å². The van der Waals surface area contributed by atoms with Gasteiger partial charge in [0.2, 0.25) is 0 Å². The highest BCUT2D eigenvalue weighted by molar-refractivity contribution is 6.12. The Balaban J connectivity index is 3.03. The second-order valence-corrected chi connectivity index (χ2v) is 7.36. The molecule has 0 aliphatic rings. The number of benzene rings is 1. The van der Waals surface area contributed by atoms with Gasteiger partial charge in [0.1, 0.15) is 17.1 Å². The average Bonchev–Trinajstić information content (AvgIpc) is 2.65. The molecule has 0 saturated heterocycles. The molecule has 0 spiro atoms. The molecule has 28 heavy (non-hydrogen) atoms. The first-order valence-electron chi connectivity index (χ1n) is 9.54. The number of phenolic OH excluding ortho intramolecular Hbond substituents is 2. The Hall–Kier alpha value is -2.60. The number of aliphatic hydroxyl groups excluding tert-OH is 1. The predicted octanol–water partition coefficient (Wildman–Crippen LogP) is 4.39. The number of carbonyl (C=O) groups is 1. The van der Waals surface area contributed by atoms with Crippen molar-refractivity contribution in [3.05, 3.63) is 44.8 Å². The minimum Gasteiger partial charge on any atom is -0.507 e. The van der Waals surface area contributed by atoms with Crippen molar-refractivity contribution in [1.82, 2.24) is 0 Å². The van der Waals surface area contributed by atoms with Gasteiger partial charge in [0.25, 0.3) is 0 Å². The Morgan fingerprint density at radius 1 is 1.18 bits per heavy atom. The van der Waals surface area contributed by atoms with E-state index >= 15 is 0 Å². The molecule has 0 radical (unpaired) electrons. The maximum absolute atomic E-state index is 13.0. The van der Waals surface area contributed by atoms with E-state index in [1.165, 1.54) is 0 Å². The fourth-order valence-corrected chi connectivity index (χ4v) is 3.10. The molecule has 152 valence electrons. The van der Waals surface area contributed by atoms with E-state index in [9.17, 15) is 24.9 Å². The standard InChI is InChI=1S/C22H28O6/c1-6-12(5)19(25)18-21(27)13(9-8-11(3)4)20(26)17-14(15(23)7-2)10-16(24)28-22(17)18/h8,10,12,15,23,26-27H,6-7,9H2,1-5H3/t12-,15+/m1/s1. The Morgan fingerprint density at radius 3 is 2.36 bits per heavy atom. The van der Waals surface area contributed by atoms with E-state index in [0.29, 0.717) is 12.8 Å². The van der Waals surface area contributed by atoms with Crippen LogP contribution in [0.15, 0.2) is 26.9 Å². The lowest BCUT2D eigenvalue weighted by Crippen LogP contribution is -2.14. The summed E-state index contributed by atoms with van der Waals surface area (Å²) in [6.07, 6.45) is 1.82. The van der Waals surface area contributed by atoms with Crippen LogP contribution >= 0.6 is 0 Å². The number of phenols is 2. The third-order valence-corrected chi connectivity index (χ3v) is 5.03. The lowest BCUT2D eigenvalue weighted by atomic mass is 9.89. The highest BCUT2D eigenvalue weighted by atomic mass is 16.4. The molecular weight excluding hydrogens is 360 g/mol. The minimum absolute atomic E-state index is 0.0931. The number of Topliss-reactive ketones (excluding diaryl/α,β-unsaturated/α-hetero) is 1. The number of fused-ring (bicyclic) bond motifs is 1. The van der Waals surface area contributed by atoms with Gasteiger partial charge in [0, 0.05) is 23.1 Å². The number of carbonyl (C=O) groups excluding carboxylic acids is 1. The average molecular weight is 388 g/mol. The van der Waals surface area contributed by atoms with Gasteiger partial charge in [-0.2, -0.15) is 0 Å². The monoisotopic (exact) mass is 388 g/mol. The summed E-state index contributed by atoms with van der Waals surface area (Å²) in [5, 5.41) is 32.2. The molecule has 0 unspecified atom stereocenters. The molecule has 2 aromatic rings. The van der Waals surface area contributed by atoms with Gasteiger partial charge in [0.05, 0.1) is 11.5 Å². The lowest BCUT2D eigenvalue weighted by Gasteiger charge is -2.19. The first-order chi connectivity index (χ1) is 13.1. The maximum atomic E-state index is 13.0. The zero-order valence-corrected chi connectivity index (χ0v) is 17.0. The van der Waals surface area contributed by atoms with E-state index in [-0.39, 0.29) is 51.4 Å². The lowest BCUT2D eigenvalue weighted by molar-refractivity contribution is 0.0925. The van der Waals surface area contributed by atoms with Gasteiger partial charge in [-0.3, -0.25) is 4.79 Å². The summed E-state index contributed by atoms with van der Waals surface area (Å²) in [5.41, 5.74) is 0.255. The number of rotatable bonds is 7. The van der Waals surface area contributed by atoms with Crippen LogP contribution in [0.4, 0.5) is 0 Å². The molecule has 2 rings (SSSR count). The quantitative estimate of drug-likeness (QED) is 0.369. The van der Waals surface area contributed by atoms with Gasteiger partial charge in [-0.1, -0.05) is 32.4 Å². The summed E-state index contributed by atoms with van der Waals surface area (Å²) in [7, 11) is 0. The van der Waals surface area contributed by atoms with Crippen molar-refractivity contribution < 1.29 is 24.5 Å². The van der Waals surface area contributed by atoms with Crippen LogP contribution in [-0.2, 0) is 6.42 Å². The topological polar surface area (TPSA) is 108 Å². The number of ketones is 1. The number of hydrogen-bond acceptors (Lipinski definition) is 6. The van der Waals surface area contributed by atoms with Crippen molar-refractivity contribution in [2.75, 3.05) is 0 Å². The summed E-state index contributed by atoms with van der Waals surface area (Å²) in [6, 6.07) is 1.12. The molecule has 0 amide bonds. The Morgan fingerprint density at radius 2 is 1.82 bits per heavy atom. The normalized spacial score (nSPS) is 13.4. The fraction of sp³-hybridized carbons (Fsp3) is 0.455. The van der Waals surface area contributed by atoms with Crippen molar-refractivity contribution in [1.29, 1.82) is 0 Å². The summed E-state index contributed by atoms with van der Waals surface area (Å²) in [4.78, 5) is 25.1. The molecule has 3 N–H and O–H groups in total. The molecule has 0 aliphatic carbocycles. The van der Waals surface area contributed by atoms with Gasteiger partial charge in [-0.25, -0.2) is 4.79 Å². The van der Waals surface area contributed by atoms with Crippen LogP contribution in [0.2, 0.25) is 0 Å². The smallest absolute Gasteiger partial charge is 0.336 e. The highest BCUT2D eigenvalue weighted by Crippen LogP contribution is 2.43. The van der Waals surface area contributed by atoms with Crippen LogP contribution in [0.5, 0.6) is 11.5 Å². The summed E-state index contributed by atoms with van der Waals surface area (Å²) in [5.74, 6) is -1.48. The van der Waals surface area contributed by atoms with E-state index in [1.807, 2.05) is 26.8 Å². The Kier molecular flexibility index (Phi) is 6.67. The zero-order valence-electron chi connectivity index (χ0n) is 17.0. The van der Waals surface area contributed by atoms with Crippen molar-refractivity contribution in [2.45, 2.75) is 60.0 Å². The Labute approximate surface area is 164 Å². The molecule has 1 aromatic carbocycles. The van der Waals surface area contributed by atoms with Crippen molar-refractivity contribution in [3.8, 4) is 11.5 Å². The van der Waals surface area contributed by atoms with Crippen LogP contribution in [0, 0.1) is 5.92 Å². The number of aliphatic hydroxyl groups is 1. The highest BCUT2D eigenvalue weighted by Gasteiger charge is 2.29. The third kappa shape index (κ3) is 3.97. The van der Waals surface area contributed by atoms with Gasteiger partial charge in [-0.15, -0.1) is 0 Å². The van der Waals surface area contributed by atoms with Gasteiger partial charge in [0.15, 0.2) is 11.4 Å². The van der Waals surface area contributed by atoms with Crippen LogP contribution in [-0.4, -0.2) is 21.1 Å². The van der Waals surface area contributed by atoms with Crippen LogP contribution in [0.1, 0.15) is 75.0 Å². The summed E-state index contributed by atoms with van der Waals surface area (Å²) >= 11 is 0. The van der Waals surface area contributed by atoms with Crippen molar-refractivity contribution in [2.24, 2.45) is 5.92 Å². The molecule has 1 heterocycles.